The molecule has 0 amide bonds. The van der Waals surface area contributed by atoms with Gasteiger partial charge in [-0.25, -0.2) is 0 Å². The molecule has 0 aromatic heterocycles. The van der Waals surface area contributed by atoms with Crippen molar-refractivity contribution in [3.63, 3.8) is 0 Å². The average molecular weight is 194 g/mol. The van der Waals surface area contributed by atoms with E-state index in [4.69, 9.17) is 14.8 Å². The van der Waals surface area contributed by atoms with E-state index in [2.05, 4.69) is 0 Å². The lowest BCUT2D eigenvalue weighted by atomic mass is 9.78. The molecular formula is C10H15BO3. The maximum Gasteiger partial charge on any atom is 0.492 e. The summed E-state index contributed by atoms with van der Waals surface area (Å²) < 4.78 is 5.28. The third-order valence-corrected chi connectivity index (χ3v) is 2.06. The third-order valence-electron chi connectivity index (χ3n) is 2.06. The zero-order valence-electron chi connectivity index (χ0n) is 8.53. The van der Waals surface area contributed by atoms with Crippen LogP contribution in [0.3, 0.4) is 0 Å². The Hall–Kier alpha value is -0.995. The van der Waals surface area contributed by atoms with Gasteiger partial charge in [0, 0.05) is 5.46 Å². The number of aryl methyl sites for hydroxylation is 1. The van der Waals surface area contributed by atoms with Crippen molar-refractivity contribution in [1.82, 2.24) is 0 Å². The Bertz CT molecular complexity index is 299. The lowest BCUT2D eigenvalue weighted by molar-refractivity contribution is 0.340. The Morgan fingerprint density at radius 3 is 2.50 bits per heavy atom. The zero-order chi connectivity index (χ0) is 10.6. The summed E-state index contributed by atoms with van der Waals surface area (Å²) in [6, 6.07) is 5.46. The predicted molar refractivity (Wildman–Crippen MR) is 56.8 cm³/mol. The van der Waals surface area contributed by atoms with Crippen LogP contribution in [0.4, 0.5) is 0 Å². The van der Waals surface area contributed by atoms with Crippen molar-refractivity contribution in [2.75, 3.05) is 6.61 Å². The number of hydrogen-bond acceptors (Lipinski definition) is 3. The molecule has 0 saturated carbocycles. The molecule has 0 aliphatic rings. The van der Waals surface area contributed by atoms with Crippen molar-refractivity contribution in [3.05, 3.63) is 23.8 Å². The zero-order valence-corrected chi connectivity index (χ0v) is 8.53. The molecule has 0 fully saturated rings. The second kappa shape index (κ2) is 5.03. The normalized spacial score (nSPS) is 10.0. The first-order valence-electron chi connectivity index (χ1n) is 4.80. The summed E-state index contributed by atoms with van der Waals surface area (Å²) in [7, 11) is -1.47. The number of benzene rings is 1. The molecule has 0 atom stereocenters. The second-order valence-electron chi connectivity index (χ2n) is 3.03. The van der Waals surface area contributed by atoms with Gasteiger partial charge in [0.2, 0.25) is 0 Å². The topological polar surface area (TPSA) is 49.7 Å². The Balaban J connectivity index is 3.03. The Labute approximate surface area is 84.5 Å². The van der Waals surface area contributed by atoms with E-state index in [0.717, 1.165) is 12.0 Å². The van der Waals surface area contributed by atoms with Gasteiger partial charge >= 0.3 is 7.12 Å². The molecule has 1 aromatic carbocycles. The molecule has 1 rings (SSSR count). The Kier molecular flexibility index (Phi) is 3.98. The van der Waals surface area contributed by atoms with Crippen LogP contribution in [0.5, 0.6) is 5.75 Å². The molecule has 0 radical (unpaired) electrons. The molecule has 1 aromatic rings. The van der Waals surface area contributed by atoms with Crippen LogP contribution < -0.4 is 10.2 Å². The highest BCUT2D eigenvalue weighted by Gasteiger charge is 2.17. The van der Waals surface area contributed by atoms with Crippen molar-refractivity contribution in [2.45, 2.75) is 20.3 Å². The summed E-state index contributed by atoms with van der Waals surface area (Å²) in [4.78, 5) is 0. The summed E-state index contributed by atoms with van der Waals surface area (Å²) in [5.74, 6) is 0.541. The summed E-state index contributed by atoms with van der Waals surface area (Å²) in [5.41, 5.74) is 1.50. The van der Waals surface area contributed by atoms with Crippen molar-refractivity contribution < 1.29 is 14.8 Å². The van der Waals surface area contributed by atoms with Gasteiger partial charge in [0.15, 0.2) is 0 Å². The highest BCUT2D eigenvalue weighted by atomic mass is 16.5. The minimum absolute atomic E-state index is 0.436. The Morgan fingerprint density at radius 2 is 2.00 bits per heavy atom. The van der Waals surface area contributed by atoms with E-state index in [1.165, 1.54) is 0 Å². The number of hydrogen-bond donors (Lipinski definition) is 2. The van der Waals surface area contributed by atoms with Gasteiger partial charge in [-0.15, -0.1) is 0 Å². The molecule has 0 heterocycles. The molecule has 76 valence electrons. The summed E-state index contributed by atoms with van der Waals surface area (Å²) >= 11 is 0. The van der Waals surface area contributed by atoms with Gasteiger partial charge in [-0.2, -0.15) is 0 Å². The molecule has 2 N–H and O–H groups in total. The highest BCUT2D eigenvalue weighted by Crippen LogP contribution is 2.10. The average Bonchev–Trinajstić information content (AvgIpc) is 2.18. The minimum Gasteiger partial charge on any atom is -0.494 e. The van der Waals surface area contributed by atoms with Crippen LogP contribution in [0, 0.1) is 0 Å². The van der Waals surface area contributed by atoms with E-state index in [-0.39, 0.29) is 0 Å². The summed E-state index contributed by atoms with van der Waals surface area (Å²) in [6.45, 7) is 4.40. The van der Waals surface area contributed by atoms with Gasteiger partial charge in [-0.3, -0.25) is 0 Å². The first-order chi connectivity index (χ1) is 6.69. The molecule has 4 heteroatoms. The van der Waals surface area contributed by atoms with Gasteiger partial charge in [-0.05, 0) is 25.0 Å². The number of ether oxygens (including phenoxy) is 1. The standard InChI is InChI=1S/C10H15BO3/c1-3-8-5-6-10(14-4-2)9(7-8)11(12)13/h5-7,12-13H,3-4H2,1-2H3. The van der Waals surface area contributed by atoms with Crippen LogP contribution in [0.25, 0.3) is 0 Å². The molecule has 0 aliphatic carbocycles. The van der Waals surface area contributed by atoms with E-state index < -0.39 is 7.12 Å². The summed E-state index contributed by atoms with van der Waals surface area (Å²) in [6.07, 6.45) is 0.867. The minimum atomic E-state index is -1.47. The maximum atomic E-state index is 9.13. The Morgan fingerprint density at radius 1 is 1.29 bits per heavy atom. The molecule has 0 unspecified atom stereocenters. The van der Waals surface area contributed by atoms with Gasteiger partial charge in [0.05, 0.1) is 6.61 Å². The van der Waals surface area contributed by atoms with Gasteiger partial charge in [0.1, 0.15) is 5.75 Å². The van der Waals surface area contributed by atoms with Gasteiger partial charge in [-0.1, -0.05) is 19.1 Å². The van der Waals surface area contributed by atoms with Crippen LogP contribution in [-0.2, 0) is 6.42 Å². The van der Waals surface area contributed by atoms with Gasteiger partial charge in [0.25, 0.3) is 0 Å². The van der Waals surface area contributed by atoms with E-state index in [0.29, 0.717) is 17.8 Å². The van der Waals surface area contributed by atoms with Crippen LogP contribution in [0.2, 0.25) is 0 Å². The van der Waals surface area contributed by atoms with Crippen LogP contribution in [-0.4, -0.2) is 23.8 Å². The van der Waals surface area contributed by atoms with Gasteiger partial charge < -0.3 is 14.8 Å². The SMILES string of the molecule is CCOc1ccc(CC)cc1B(O)O. The molecule has 0 saturated heterocycles. The predicted octanol–water partition coefficient (Wildman–Crippen LogP) is 0.327. The highest BCUT2D eigenvalue weighted by molar-refractivity contribution is 6.59. The maximum absolute atomic E-state index is 9.13. The first-order valence-corrected chi connectivity index (χ1v) is 4.80. The van der Waals surface area contributed by atoms with Crippen molar-refractivity contribution >= 4 is 12.6 Å². The van der Waals surface area contributed by atoms with Crippen LogP contribution in [0.15, 0.2) is 18.2 Å². The van der Waals surface area contributed by atoms with Crippen LogP contribution in [0.1, 0.15) is 19.4 Å². The second-order valence-corrected chi connectivity index (χ2v) is 3.03. The molecule has 0 spiro atoms. The molecule has 0 aliphatic heterocycles. The van der Waals surface area contributed by atoms with Crippen molar-refractivity contribution in [2.24, 2.45) is 0 Å². The van der Waals surface area contributed by atoms with E-state index in [1.807, 2.05) is 19.9 Å². The van der Waals surface area contributed by atoms with Crippen molar-refractivity contribution in [3.8, 4) is 5.75 Å². The fourth-order valence-electron chi connectivity index (χ4n) is 1.31. The monoisotopic (exact) mass is 194 g/mol. The first kappa shape index (κ1) is 11.1. The lowest BCUT2D eigenvalue weighted by Gasteiger charge is -2.10. The fourth-order valence-corrected chi connectivity index (χ4v) is 1.31. The molecule has 14 heavy (non-hydrogen) atoms. The molecule has 0 bridgehead atoms. The largest absolute Gasteiger partial charge is 0.494 e. The number of rotatable bonds is 4. The van der Waals surface area contributed by atoms with E-state index >= 15 is 0 Å². The third kappa shape index (κ3) is 2.50. The van der Waals surface area contributed by atoms with Crippen molar-refractivity contribution in [1.29, 1.82) is 0 Å². The smallest absolute Gasteiger partial charge is 0.492 e. The fraction of sp³-hybridized carbons (Fsp3) is 0.400. The molecular weight excluding hydrogens is 179 g/mol. The molecule has 3 nitrogen and oxygen atoms in total. The van der Waals surface area contributed by atoms with Crippen LogP contribution >= 0.6 is 0 Å². The summed E-state index contributed by atoms with van der Waals surface area (Å²) in [5, 5.41) is 18.3. The van der Waals surface area contributed by atoms with E-state index in [1.54, 1.807) is 12.1 Å². The van der Waals surface area contributed by atoms with E-state index in [9.17, 15) is 0 Å². The lowest BCUT2D eigenvalue weighted by Crippen LogP contribution is -2.31. The quantitative estimate of drug-likeness (QED) is 0.679.